The number of benzene rings is 1. The van der Waals surface area contributed by atoms with E-state index in [1.165, 1.54) is 17.9 Å². The lowest BCUT2D eigenvalue weighted by atomic mass is 10.0. The third kappa shape index (κ3) is 3.90. The Labute approximate surface area is 151 Å². The van der Waals surface area contributed by atoms with Crippen LogP contribution in [-0.2, 0) is 17.8 Å². The van der Waals surface area contributed by atoms with Gasteiger partial charge in [-0.2, -0.15) is 10.4 Å². The van der Waals surface area contributed by atoms with Crippen molar-refractivity contribution in [2.45, 2.75) is 19.9 Å². The van der Waals surface area contributed by atoms with E-state index in [1.54, 1.807) is 18.3 Å². The summed E-state index contributed by atoms with van der Waals surface area (Å²) < 4.78 is 5.17. The van der Waals surface area contributed by atoms with Crippen molar-refractivity contribution < 1.29 is 9.21 Å². The lowest BCUT2D eigenvalue weighted by molar-refractivity contribution is -0.117. The summed E-state index contributed by atoms with van der Waals surface area (Å²) in [7, 11) is 0. The van der Waals surface area contributed by atoms with Crippen molar-refractivity contribution in [3.05, 3.63) is 71.3 Å². The predicted molar refractivity (Wildman–Crippen MR) is 97.5 cm³/mol. The number of hydrogen-bond acceptors (Lipinski definition) is 4. The number of aromatic amines is 1. The number of aromatic nitrogens is 2. The lowest BCUT2D eigenvalue weighted by Crippen LogP contribution is -2.23. The second-order valence-electron chi connectivity index (χ2n) is 5.68. The fourth-order valence-electron chi connectivity index (χ4n) is 2.52. The molecular formula is C20H18N4O2. The van der Waals surface area contributed by atoms with E-state index in [4.69, 9.17) is 4.42 Å². The first-order valence-electron chi connectivity index (χ1n) is 8.26. The molecule has 130 valence electrons. The van der Waals surface area contributed by atoms with Crippen LogP contribution in [0.1, 0.15) is 23.8 Å². The number of amides is 1. The number of nitrogens with zero attached hydrogens (tertiary/aromatic N) is 2. The Balaban J connectivity index is 1.80. The summed E-state index contributed by atoms with van der Waals surface area (Å²) in [4.78, 5) is 12.3. The summed E-state index contributed by atoms with van der Waals surface area (Å²) in [5.74, 6) is 0.160. The molecule has 2 aromatic heterocycles. The topological polar surface area (TPSA) is 94.7 Å². The molecule has 0 atom stereocenters. The van der Waals surface area contributed by atoms with E-state index >= 15 is 0 Å². The van der Waals surface area contributed by atoms with E-state index in [2.05, 4.69) is 22.4 Å². The van der Waals surface area contributed by atoms with Crippen LogP contribution in [0.3, 0.4) is 0 Å². The van der Waals surface area contributed by atoms with E-state index in [9.17, 15) is 10.1 Å². The van der Waals surface area contributed by atoms with E-state index in [-0.39, 0.29) is 12.1 Å². The van der Waals surface area contributed by atoms with Gasteiger partial charge in [-0.25, -0.2) is 0 Å². The molecule has 0 fully saturated rings. The molecule has 3 rings (SSSR count). The maximum atomic E-state index is 12.3. The molecule has 0 saturated heterocycles. The summed E-state index contributed by atoms with van der Waals surface area (Å²) in [5, 5.41) is 19.0. The third-order valence-electron chi connectivity index (χ3n) is 3.99. The Hall–Kier alpha value is -3.59. The quantitative estimate of drug-likeness (QED) is 0.528. The summed E-state index contributed by atoms with van der Waals surface area (Å²) in [6, 6.07) is 13.5. The van der Waals surface area contributed by atoms with Gasteiger partial charge in [0.05, 0.1) is 24.7 Å². The van der Waals surface area contributed by atoms with Crippen molar-refractivity contribution in [3.63, 3.8) is 0 Å². The highest BCUT2D eigenvalue weighted by molar-refractivity contribution is 6.02. The summed E-state index contributed by atoms with van der Waals surface area (Å²) in [6.45, 7) is 2.32. The van der Waals surface area contributed by atoms with Crippen LogP contribution in [0.15, 0.2) is 58.8 Å². The molecular weight excluding hydrogens is 328 g/mol. The van der Waals surface area contributed by atoms with Crippen molar-refractivity contribution in [3.8, 4) is 17.3 Å². The van der Waals surface area contributed by atoms with Crippen LogP contribution >= 0.6 is 0 Å². The van der Waals surface area contributed by atoms with Crippen LogP contribution in [0.25, 0.3) is 17.3 Å². The molecule has 6 heteroatoms. The van der Waals surface area contributed by atoms with E-state index in [1.807, 2.05) is 30.3 Å². The van der Waals surface area contributed by atoms with Gasteiger partial charge in [0.15, 0.2) is 0 Å². The molecule has 1 amide bonds. The van der Waals surface area contributed by atoms with Gasteiger partial charge in [-0.05, 0) is 30.2 Å². The molecule has 0 aliphatic heterocycles. The molecule has 2 heterocycles. The van der Waals surface area contributed by atoms with Crippen molar-refractivity contribution in [1.82, 2.24) is 15.5 Å². The molecule has 2 N–H and O–H groups in total. The SMILES string of the molecule is CCc1ccc(-c2[nH]ncc2/C=C(/C#N)C(=O)NCc2ccco2)cc1. The summed E-state index contributed by atoms with van der Waals surface area (Å²) >= 11 is 0. The maximum Gasteiger partial charge on any atom is 0.262 e. The van der Waals surface area contributed by atoms with Crippen molar-refractivity contribution in [2.75, 3.05) is 0 Å². The van der Waals surface area contributed by atoms with Gasteiger partial charge in [-0.3, -0.25) is 9.89 Å². The van der Waals surface area contributed by atoms with Crippen LogP contribution in [0.4, 0.5) is 0 Å². The number of rotatable bonds is 6. The molecule has 0 spiro atoms. The van der Waals surface area contributed by atoms with Gasteiger partial charge in [0, 0.05) is 11.1 Å². The number of H-pyrrole nitrogens is 1. The van der Waals surface area contributed by atoms with Crippen molar-refractivity contribution >= 4 is 12.0 Å². The zero-order chi connectivity index (χ0) is 18.4. The Bertz CT molecular complexity index is 945. The summed E-state index contributed by atoms with van der Waals surface area (Å²) in [6.07, 6.45) is 5.62. The molecule has 1 aromatic carbocycles. The normalized spacial score (nSPS) is 11.2. The zero-order valence-electron chi connectivity index (χ0n) is 14.3. The van der Waals surface area contributed by atoms with Gasteiger partial charge in [-0.15, -0.1) is 0 Å². The Morgan fingerprint density at radius 1 is 1.35 bits per heavy atom. The maximum absolute atomic E-state index is 12.3. The Kier molecular flexibility index (Phi) is 5.30. The van der Waals surface area contributed by atoms with E-state index in [0.29, 0.717) is 11.3 Å². The van der Waals surface area contributed by atoms with Crippen LogP contribution < -0.4 is 5.32 Å². The van der Waals surface area contributed by atoms with Gasteiger partial charge >= 0.3 is 0 Å². The first-order chi connectivity index (χ1) is 12.7. The Morgan fingerprint density at radius 3 is 2.81 bits per heavy atom. The average Bonchev–Trinajstić information content (AvgIpc) is 3.36. The first kappa shape index (κ1) is 17.2. The average molecular weight is 346 g/mol. The molecule has 0 aliphatic rings. The fourth-order valence-corrected chi connectivity index (χ4v) is 2.52. The highest BCUT2D eigenvalue weighted by atomic mass is 16.3. The van der Waals surface area contributed by atoms with Gasteiger partial charge < -0.3 is 9.73 Å². The molecule has 26 heavy (non-hydrogen) atoms. The molecule has 6 nitrogen and oxygen atoms in total. The molecule has 3 aromatic rings. The second-order valence-corrected chi connectivity index (χ2v) is 5.68. The molecule has 0 unspecified atom stereocenters. The smallest absolute Gasteiger partial charge is 0.262 e. The van der Waals surface area contributed by atoms with Gasteiger partial charge in [0.1, 0.15) is 17.4 Å². The van der Waals surface area contributed by atoms with Crippen LogP contribution in [0, 0.1) is 11.3 Å². The number of carbonyl (C=O) groups excluding carboxylic acids is 1. The van der Waals surface area contributed by atoms with E-state index in [0.717, 1.165) is 17.7 Å². The number of carbonyl (C=O) groups is 1. The number of nitriles is 1. The zero-order valence-corrected chi connectivity index (χ0v) is 14.3. The second kappa shape index (κ2) is 7.99. The lowest BCUT2D eigenvalue weighted by Gasteiger charge is -2.04. The van der Waals surface area contributed by atoms with Gasteiger partial charge in [0.2, 0.25) is 0 Å². The largest absolute Gasteiger partial charge is 0.467 e. The van der Waals surface area contributed by atoms with Crippen LogP contribution in [0.2, 0.25) is 0 Å². The standard InChI is InChI=1S/C20H18N4O2/c1-2-14-5-7-15(8-6-14)19-17(12-23-24-19)10-16(11-21)20(25)22-13-18-4-3-9-26-18/h3-10,12H,2,13H2,1H3,(H,22,25)(H,23,24)/b16-10-. The summed E-state index contributed by atoms with van der Waals surface area (Å²) in [5.41, 5.74) is 3.63. The third-order valence-corrected chi connectivity index (χ3v) is 3.99. The molecule has 0 radical (unpaired) electrons. The van der Waals surface area contributed by atoms with Gasteiger partial charge in [-0.1, -0.05) is 31.2 Å². The number of nitrogens with one attached hydrogen (secondary N) is 2. The minimum Gasteiger partial charge on any atom is -0.467 e. The molecule has 0 saturated carbocycles. The number of furan rings is 1. The van der Waals surface area contributed by atoms with Gasteiger partial charge in [0.25, 0.3) is 5.91 Å². The van der Waals surface area contributed by atoms with Crippen LogP contribution in [0.5, 0.6) is 0 Å². The molecule has 0 bridgehead atoms. The fraction of sp³-hybridized carbons (Fsp3) is 0.150. The number of aryl methyl sites for hydroxylation is 1. The van der Waals surface area contributed by atoms with Crippen LogP contribution in [-0.4, -0.2) is 16.1 Å². The monoisotopic (exact) mass is 346 g/mol. The van der Waals surface area contributed by atoms with E-state index < -0.39 is 5.91 Å². The first-order valence-corrected chi connectivity index (χ1v) is 8.26. The van der Waals surface area contributed by atoms with Crippen molar-refractivity contribution in [1.29, 1.82) is 5.26 Å². The minimum atomic E-state index is -0.461. The Morgan fingerprint density at radius 2 is 2.15 bits per heavy atom. The minimum absolute atomic E-state index is 0.00406. The van der Waals surface area contributed by atoms with Crippen molar-refractivity contribution in [2.24, 2.45) is 0 Å². The predicted octanol–water partition coefficient (Wildman–Crippen LogP) is 3.46. The highest BCUT2D eigenvalue weighted by Crippen LogP contribution is 2.23. The highest BCUT2D eigenvalue weighted by Gasteiger charge is 2.12. The molecule has 0 aliphatic carbocycles. The number of hydrogen-bond donors (Lipinski definition) is 2.